The minimum absolute atomic E-state index is 0.0120. The third-order valence-electron chi connectivity index (χ3n) is 4.40. The van der Waals surface area contributed by atoms with Gasteiger partial charge in [-0.15, -0.1) is 11.8 Å². The van der Waals surface area contributed by atoms with Crippen molar-refractivity contribution in [3.63, 3.8) is 0 Å². The van der Waals surface area contributed by atoms with Crippen molar-refractivity contribution in [2.75, 3.05) is 19.8 Å². The molecule has 3 atom stereocenters. The van der Waals surface area contributed by atoms with Gasteiger partial charge in [-0.05, 0) is 30.2 Å². The second kappa shape index (κ2) is 9.63. The number of β-lactam (4-membered cyclic amide) rings is 1. The minimum Gasteiger partial charge on any atom is -0.508 e. The summed E-state index contributed by atoms with van der Waals surface area (Å²) in [5, 5.41) is 20.7. The normalized spacial score (nSPS) is 20.8. The number of carboxylic acids is 1. The Bertz CT molecular complexity index is 870. The first-order chi connectivity index (χ1) is 14.1. The van der Waals surface area contributed by atoms with Crippen LogP contribution in [0.4, 0.5) is 0 Å². The van der Waals surface area contributed by atoms with Crippen molar-refractivity contribution in [3.05, 3.63) is 41.1 Å². The van der Waals surface area contributed by atoms with E-state index in [-0.39, 0.29) is 11.4 Å². The monoisotopic (exact) mass is 436 g/mol. The molecule has 1 fully saturated rings. The largest absolute Gasteiger partial charge is 0.508 e. The average molecular weight is 436 g/mol. The van der Waals surface area contributed by atoms with Crippen LogP contribution in [0.15, 0.2) is 35.5 Å². The lowest BCUT2D eigenvalue weighted by Gasteiger charge is -2.49. The number of aliphatic carboxylic acids is 1. The van der Waals surface area contributed by atoms with Crippen LogP contribution < -0.4 is 11.1 Å². The van der Waals surface area contributed by atoms with Crippen LogP contribution >= 0.6 is 11.8 Å². The number of phenolic OH excluding ortho intramolecular Hbond substituents is 1. The molecule has 11 heteroatoms. The molecule has 2 aliphatic heterocycles. The molecule has 0 aromatic heterocycles. The van der Waals surface area contributed by atoms with E-state index in [0.29, 0.717) is 16.9 Å². The predicted octanol–water partition coefficient (Wildman–Crippen LogP) is -0.145. The molecular formula is C19H24N4O6S. The molecule has 2 heterocycles. The van der Waals surface area contributed by atoms with Crippen molar-refractivity contribution in [2.24, 2.45) is 5.73 Å². The zero-order valence-electron chi connectivity index (χ0n) is 16.7. The van der Waals surface area contributed by atoms with Crippen LogP contribution in [0.1, 0.15) is 18.5 Å². The molecule has 2 aliphatic rings. The van der Waals surface area contributed by atoms with Crippen molar-refractivity contribution in [1.29, 1.82) is 0 Å². The lowest BCUT2D eigenvalue weighted by molar-refractivity contribution is -0.150. The van der Waals surface area contributed by atoms with Crippen molar-refractivity contribution < 1.29 is 29.4 Å². The summed E-state index contributed by atoms with van der Waals surface area (Å²) in [4.78, 5) is 48.1. The summed E-state index contributed by atoms with van der Waals surface area (Å²) in [6.07, 6.45) is 0.750. The van der Waals surface area contributed by atoms with Crippen LogP contribution in [0, 0.1) is 0 Å². The highest BCUT2D eigenvalue weighted by atomic mass is 32.2. The van der Waals surface area contributed by atoms with Gasteiger partial charge in [0.25, 0.3) is 5.91 Å². The van der Waals surface area contributed by atoms with Crippen LogP contribution in [-0.2, 0) is 19.2 Å². The first-order valence-corrected chi connectivity index (χ1v) is 9.97. The maximum Gasteiger partial charge on any atom is 0.352 e. The second-order valence-corrected chi connectivity index (χ2v) is 8.07. The Balaban J connectivity index is 0.000000575. The fraction of sp³-hybridized carbons (Fsp3) is 0.368. The van der Waals surface area contributed by atoms with Gasteiger partial charge < -0.3 is 26.2 Å². The second-order valence-electron chi connectivity index (χ2n) is 6.97. The molecule has 0 spiro atoms. The molecular weight excluding hydrogens is 412 g/mol. The smallest absolute Gasteiger partial charge is 0.352 e. The Morgan fingerprint density at radius 1 is 1.33 bits per heavy atom. The molecule has 1 saturated heterocycles. The number of carbonyl (C=O) groups excluding carboxylic acids is 3. The van der Waals surface area contributed by atoms with Crippen LogP contribution in [0.5, 0.6) is 5.75 Å². The SMILES string of the molecule is CC1=C(C(=O)O)N2C(=O)[C@@H](NC(=O)[C@H](N)c3ccc(O)cc3)[C@H]2SC1.CN(C)C=O. The Morgan fingerprint density at radius 3 is 2.40 bits per heavy atom. The van der Waals surface area contributed by atoms with E-state index in [4.69, 9.17) is 5.73 Å². The molecule has 5 N–H and O–H groups in total. The molecule has 1 aromatic rings. The Hall–Kier alpha value is -3.05. The zero-order valence-corrected chi connectivity index (χ0v) is 17.5. The Labute approximate surface area is 177 Å². The zero-order chi connectivity index (χ0) is 22.6. The molecule has 1 aromatic carbocycles. The molecule has 30 heavy (non-hydrogen) atoms. The van der Waals surface area contributed by atoms with Gasteiger partial charge in [0.1, 0.15) is 28.9 Å². The van der Waals surface area contributed by atoms with E-state index < -0.39 is 35.2 Å². The van der Waals surface area contributed by atoms with Crippen molar-refractivity contribution in [2.45, 2.75) is 24.4 Å². The number of carboxylic acid groups (broad SMARTS) is 1. The number of nitrogens with zero attached hydrogens (tertiary/aromatic N) is 2. The molecule has 3 rings (SSSR count). The topological polar surface area (TPSA) is 153 Å². The summed E-state index contributed by atoms with van der Waals surface area (Å²) in [5.41, 5.74) is 7.00. The summed E-state index contributed by atoms with van der Waals surface area (Å²) in [7, 11) is 3.38. The van der Waals surface area contributed by atoms with E-state index in [1.54, 1.807) is 21.0 Å². The number of phenols is 1. The first-order valence-electron chi connectivity index (χ1n) is 8.92. The highest BCUT2D eigenvalue weighted by molar-refractivity contribution is 8.00. The van der Waals surface area contributed by atoms with Crippen molar-refractivity contribution in [3.8, 4) is 5.75 Å². The number of hydrogen-bond donors (Lipinski definition) is 4. The molecule has 3 amide bonds. The van der Waals surface area contributed by atoms with Gasteiger partial charge in [-0.3, -0.25) is 19.3 Å². The van der Waals surface area contributed by atoms with Crippen LogP contribution in [0.3, 0.4) is 0 Å². The van der Waals surface area contributed by atoms with Crippen molar-refractivity contribution in [1.82, 2.24) is 15.1 Å². The van der Waals surface area contributed by atoms with E-state index in [2.05, 4.69) is 5.32 Å². The van der Waals surface area contributed by atoms with E-state index in [1.165, 1.54) is 45.8 Å². The van der Waals surface area contributed by atoms with Gasteiger partial charge in [0, 0.05) is 19.8 Å². The highest BCUT2D eigenvalue weighted by Crippen LogP contribution is 2.40. The number of hydrogen-bond acceptors (Lipinski definition) is 7. The molecule has 0 radical (unpaired) electrons. The lowest BCUT2D eigenvalue weighted by Crippen LogP contribution is -2.71. The minimum atomic E-state index is -1.15. The van der Waals surface area contributed by atoms with E-state index in [0.717, 1.165) is 6.41 Å². The molecule has 0 aliphatic carbocycles. The highest BCUT2D eigenvalue weighted by Gasteiger charge is 2.53. The molecule has 0 bridgehead atoms. The summed E-state index contributed by atoms with van der Waals surface area (Å²) in [5.74, 6) is -1.61. The molecule has 162 valence electrons. The summed E-state index contributed by atoms with van der Waals surface area (Å²) in [6.45, 7) is 1.67. The number of benzene rings is 1. The quantitative estimate of drug-likeness (QED) is 0.367. The number of rotatable bonds is 5. The van der Waals surface area contributed by atoms with Gasteiger partial charge in [-0.2, -0.15) is 0 Å². The molecule has 0 unspecified atom stereocenters. The van der Waals surface area contributed by atoms with Crippen LogP contribution in [-0.4, -0.2) is 75.5 Å². The molecule has 0 saturated carbocycles. The van der Waals surface area contributed by atoms with Gasteiger partial charge in [-0.1, -0.05) is 12.1 Å². The van der Waals surface area contributed by atoms with E-state index >= 15 is 0 Å². The first kappa shape index (κ1) is 23.2. The molecule has 10 nitrogen and oxygen atoms in total. The standard InChI is InChI=1S/C16H17N3O5S.C3H7NO/c1-7-6-25-15-11(14(22)19(15)12(7)16(23)24)18-13(21)10(17)8-2-4-9(20)5-3-8;1-4(2)3-5/h2-5,10-11,15,20H,6,17H2,1H3,(H,18,21)(H,23,24);3H,1-2H3/t10-,11-,15-;/m1./s1. The maximum atomic E-state index is 12.3. The fourth-order valence-electron chi connectivity index (χ4n) is 2.85. The van der Waals surface area contributed by atoms with Gasteiger partial charge in [0.15, 0.2) is 0 Å². The van der Waals surface area contributed by atoms with Crippen molar-refractivity contribution >= 4 is 36.0 Å². The van der Waals surface area contributed by atoms with E-state index in [1.807, 2.05) is 0 Å². The average Bonchev–Trinajstić information content (AvgIpc) is 2.71. The lowest BCUT2D eigenvalue weighted by atomic mass is 10.0. The van der Waals surface area contributed by atoms with Crippen LogP contribution in [0.25, 0.3) is 0 Å². The maximum absolute atomic E-state index is 12.3. The number of amides is 3. The van der Waals surface area contributed by atoms with Gasteiger partial charge in [0.05, 0.1) is 0 Å². The fourth-order valence-corrected chi connectivity index (χ4v) is 4.14. The third kappa shape index (κ3) is 4.92. The Morgan fingerprint density at radius 2 is 1.90 bits per heavy atom. The number of thioether (sulfide) groups is 1. The Kier molecular flexibility index (Phi) is 7.46. The summed E-state index contributed by atoms with van der Waals surface area (Å²) < 4.78 is 0. The van der Waals surface area contributed by atoms with E-state index in [9.17, 15) is 29.4 Å². The van der Waals surface area contributed by atoms with Crippen LogP contribution in [0.2, 0.25) is 0 Å². The number of carbonyl (C=O) groups is 4. The number of nitrogens with one attached hydrogen (secondary N) is 1. The van der Waals surface area contributed by atoms with Gasteiger partial charge in [-0.25, -0.2) is 4.79 Å². The number of aromatic hydroxyl groups is 1. The third-order valence-corrected chi connectivity index (χ3v) is 5.83. The predicted molar refractivity (Wildman–Crippen MR) is 110 cm³/mol. The van der Waals surface area contributed by atoms with Gasteiger partial charge in [0.2, 0.25) is 12.3 Å². The number of fused-ring (bicyclic) bond motifs is 1. The number of nitrogens with two attached hydrogens (primary N) is 1. The summed E-state index contributed by atoms with van der Waals surface area (Å²) >= 11 is 1.40. The van der Waals surface area contributed by atoms with Gasteiger partial charge >= 0.3 is 5.97 Å². The summed E-state index contributed by atoms with van der Waals surface area (Å²) in [6, 6.07) is 4.09.